The molecule has 4 saturated carbocycles. The number of nitrogens with zero attached hydrogens (tertiary/aromatic N) is 1. The summed E-state index contributed by atoms with van der Waals surface area (Å²) in [5.41, 5.74) is 2.26. The first-order chi connectivity index (χ1) is 18.1. The zero-order valence-corrected chi connectivity index (χ0v) is 23.7. The Labute approximate surface area is 229 Å². The molecule has 0 bridgehead atoms. The first-order valence-corrected chi connectivity index (χ1v) is 15.6. The van der Waals surface area contributed by atoms with E-state index >= 15 is 0 Å². The maximum absolute atomic E-state index is 13.4. The number of amides is 1. The fourth-order valence-corrected chi connectivity index (χ4v) is 10.6. The van der Waals surface area contributed by atoms with E-state index in [9.17, 15) is 20.1 Å². The monoisotopic (exact) mass is 523 g/mol. The van der Waals surface area contributed by atoms with Gasteiger partial charge in [-0.15, -0.1) is 0 Å². The Morgan fingerprint density at radius 3 is 2.66 bits per heavy atom. The van der Waals surface area contributed by atoms with Gasteiger partial charge in [0.25, 0.3) is 0 Å². The number of hydrogen-bond donors (Lipinski definition) is 3. The van der Waals surface area contributed by atoms with Gasteiger partial charge >= 0.3 is 0 Å². The molecule has 5 aliphatic rings. The van der Waals surface area contributed by atoms with E-state index in [1.54, 1.807) is 0 Å². The number of benzene rings is 1. The number of fused-ring (bicyclic) bond motifs is 6. The minimum atomic E-state index is -0.372. The molecule has 6 rings (SSSR count). The number of aliphatic hydroxyl groups is 3. The zero-order chi connectivity index (χ0) is 26.8. The third kappa shape index (κ3) is 4.09. The molecule has 1 heterocycles. The van der Waals surface area contributed by atoms with Crippen LogP contribution >= 0.6 is 0 Å². The predicted molar refractivity (Wildman–Crippen MR) is 150 cm³/mol. The van der Waals surface area contributed by atoms with Gasteiger partial charge in [0.1, 0.15) is 0 Å². The molecule has 38 heavy (non-hydrogen) atoms. The molecule has 0 spiro atoms. The van der Waals surface area contributed by atoms with Crippen LogP contribution in [0.4, 0.5) is 5.69 Å². The van der Waals surface area contributed by atoms with Crippen LogP contribution in [-0.2, 0) is 11.2 Å². The van der Waals surface area contributed by atoms with Crippen molar-refractivity contribution in [3.05, 3.63) is 29.8 Å². The molecule has 4 fully saturated rings. The lowest BCUT2D eigenvalue weighted by molar-refractivity contribution is -0.207. The Hall–Kier alpha value is -1.43. The molecule has 0 unspecified atom stereocenters. The molecular formula is C33H49NO4. The van der Waals surface area contributed by atoms with Gasteiger partial charge in [0.2, 0.25) is 5.91 Å². The third-order valence-electron chi connectivity index (χ3n) is 12.7. The number of carbonyl (C=O) groups excluding carboxylic acids is 1. The summed E-state index contributed by atoms with van der Waals surface area (Å²) < 4.78 is 0. The summed E-state index contributed by atoms with van der Waals surface area (Å²) in [5.74, 6) is 2.20. The van der Waals surface area contributed by atoms with Gasteiger partial charge < -0.3 is 20.2 Å². The molecule has 5 nitrogen and oxygen atoms in total. The second-order valence-electron chi connectivity index (χ2n) is 14.3. The summed E-state index contributed by atoms with van der Waals surface area (Å²) >= 11 is 0. The molecule has 1 amide bonds. The van der Waals surface area contributed by atoms with Crippen molar-refractivity contribution < 1.29 is 20.1 Å². The van der Waals surface area contributed by atoms with E-state index in [1.165, 1.54) is 5.56 Å². The van der Waals surface area contributed by atoms with Gasteiger partial charge in [-0.25, -0.2) is 0 Å². The van der Waals surface area contributed by atoms with E-state index in [0.717, 1.165) is 76.4 Å². The largest absolute Gasteiger partial charge is 0.393 e. The summed E-state index contributed by atoms with van der Waals surface area (Å²) in [6.45, 7) is 7.80. The summed E-state index contributed by atoms with van der Waals surface area (Å²) in [4.78, 5) is 15.4. The Kier molecular flexibility index (Phi) is 6.97. The fraction of sp³-hybridized carbons (Fsp3) is 0.788. The molecule has 4 aliphatic carbocycles. The molecule has 0 radical (unpaired) electrons. The highest BCUT2D eigenvalue weighted by atomic mass is 16.3. The van der Waals surface area contributed by atoms with Crippen molar-refractivity contribution in [1.82, 2.24) is 0 Å². The zero-order valence-electron chi connectivity index (χ0n) is 23.7. The number of carbonyl (C=O) groups is 1. The number of aliphatic hydroxyl groups excluding tert-OH is 3. The van der Waals surface area contributed by atoms with Crippen LogP contribution in [0, 0.1) is 46.3 Å². The van der Waals surface area contributed by atoms with Crippen molar-refractivity contribution in [2.24, 2.45) is 46.3 Å². The maximum Gasteiger partial charge on any atom is 0.226 e. The van der Waals surface area contributed by atoms with Crippen molar-refractivity contribution in [1.29, 1.82) is 0 Å². The van der Waals surface area contributed by atoms with Crippen LogP contribution in [-0.4, -0.2) is 46.1 Å². The van der Waals surface area contributed by atoms with Crippen LogP contribution in [0.2, 0.25) is 0 Å². The van der Waals surface area contributed by atoms with Crippen molar-refractivity contribution in [3.63, 3.8) is 0 Å². The number of aryl methyl sites for hydroxylation is 1. The van der Waals surface area contributed by atoms with Crippen LogP contribution in [0.3, 0.4) is 0 Å². The average Bonchev–Trinajstić information content (AvgIpc) is 3.27. The highest BCUT2D eigenvalue weighted by Crippen LogP contribution is 2.68. The van der Waals surface area contributed by atoms with Gasteiger partial charge in [-0.3, -0.25) is 4.79 Å². The van der Waals surface area contributed by atoms with Crippen molar-refractivity contribution in [2.75, 3.05) is 11.4 Å². The van der Waals surface area contributed by atoms with Crippen LogP contribution in [0.1, 0.15) is 90.5 Å². The lowest BCUT2D eigenvalue weighted by Gasteiger charge is -2.63. The summed E-state index contributed by atoms with van der Waals surface area (Å²) in [5, 5.41) is 33.7. The number of para-hydroxylation sites is 1. The van der Waals surface area contributed by atoms with Gasteiger partial charge in [-0.2, -0.15) is 0 Å². The van der Waals surface area contributed by atoms with E-state index in [-0.39, 0.29) is 41.0 Å². The van der Waals surface area contributed by atoms with Crippen LogP contribution < -0.4 is 4.90 Å². The molecule has 0 saturated heterocycles. The van der Waals surface area contributed by atoms with E-state index < -0.39 is 0 Å². The number of hydrogen-bond acceptors (Lipinski definition) is 4. The van der Waals surface area contributed by atoms with E-state index in [4.69, 9.17) is 0 Å². The highest BCUT2D eigenvalue weighted by molar-refractivity contribution is 5.94. The van der Waals surface area contributed by atoms with Crippen LogP contribution in [0.15, 0.2) is 24.3 Å². The van der Waals surface area contributed by atoms with Crippen LogP contribution in [0.5, 0.6) is 0 Å². The second kappa shape index (κ2) is 9.89. The lowest BCUT2D eigenvalue weighted by atomic mass is 9.43. The van der Waals surface area contributed by atoms with Crippen molar-refractivity contribution in [3.8, 4) is 0 Å². The molecule has 1 aliphatic heterocycles. The minimum Gasteiger partial charge on any atom is -0.393 e. The second-order valence-corrected chi connectivity index (χ2v) is 14.3. The topological polar surface area (TPSA) is 81.0 Å². The molecule has 0 aromatic heterocycles. The molecule has 3 N–H and O–H groups in total. The first-order valence-electron chi connectivity index (χ1n) is 15.6. The standard InChI is InChI=1S/C33H49NO4/c1-20(10-13-30(38)34-16-6-8-21-7-4-5-9-27(21)34)24-11-12-25-31-26(19-29(37)33(24,25)3)32(2)15-14-23(35)17-22(32)18-28(31)36/h4-5,7,9,20,22-26,28-29,31,35-37H,6,8,10-19H2,1-3H3/t20-,22+,23-,24-,25+,26+,28-,29+,31+,32+,33-/m1/s1. The SMILES string of the molecule is C[C@H](CCC(=O)N1CCCc2ccccc21)[C@H]1CC[C@H]2[C@@H]3[C@H](O)C[C@@H]4C[C@H](O)CC[C@]4(C)[C@H]3C[C@H](O)[C@]12C. The van der Waals surface area contributed by atoms with E-state index in [0.29, 0.717) is 36.0 Å². The highest BCUT2D eigenvalue weighted by Gasteiger charge is 2.65. The average molecular weight is 524 g/mol. The maximum atomic E-state index is 13.4. The van der Waals surface area contributed by atoms with E-state index in [1.807, 2.05) is 11.0 Å². The predicted octanol–water partition coefficient (Wildman–Crippen LogP) is 5.34. The molecule has 1 aromatic carbocycles. The first kappa shape index (κ1) is 26.8. The molecule has 5 heteroatoms. The van der Waals surface area contributed by atoms with Gasteiger partial charge in [0, 0.05) is 18.7 Å². The summed E-state index contributed by atoms with van der Waals surface area (Å²) in [7, 11) is 0. The molecule has 210 valence electrons. The molecular weight excluding hydrogens is 474 g/mol. The summed E-state index contributed by atoms with van der Waals surface area (Å²) in [6.07, 6.45) is 8.88. The Morgan fingerprint density at radius 2 is 1.84 bits per heavy atom. The lowest BCUT2D eigenvalue weighted by Crippen LogP contribution is -2.62. The number of anilines is 1. The number of rotatable bonds is 4. The third-order valence-corrected chi connectivity index (χ3v) is 12.7. The Bertz CT molecular complexity index is 1040. The van der Waals surface area contributed by atoms with Gasteiger partial charge in [0.05, 0.1) is 18.3 Å². The summed E-state index contributed by atoms with van der Waals surface area (Å²) in [6, 6.07) is 8.32. The van der Waals surface area contributed by atoms with Crippen molar-refractivity contribution >= 4 is 11.6 Å². The van der Waals surface area contributed by atoms with Crippen molar-refractivity contribution in [2.45, 2.75) is 110 Å². The van der Waals surface area contributed by atoms with Gasteiger partial charge in [-0.05, 0) is 122 Å². The smallest absolute Gasteiger partial charge is 0.226 e. The fourth-order valence-electron chi connectivity index (χ4n) is 10.6. The van der Waals surface area contributed by atoms with Gasteiger partial charge in [0.15, 0.2) is 0 Å². The van der Waals surface area contributed by atoms with Crippen LogP contribution in [0.25, 0.3) is 0 Å². The molecule has 1 aromatic rings. The normalized spacial score (nSPS) is 44.9. The molecule has 11 atom stereocenters. The quantitative estimate of drug-likeness (QED) is 0.497. The van der Waals surface area contributed by atoms with E-state index in [2.05, 4.69) is 39.0 Å². The Balaban J connectivity index is 1.16. The van der Waals surface area contributed by atoms with Gasteiger partial charge in [-0.1, -0.05) is 39.0 Å². The Morgan fingerprint density at radius 1 is 1.05 bits per heavy atom. The minimum absolute atomic E-state index is 0.103.